The van der Waals surface area contributed by atoms with E-state index in [4.69, 9.17) is 4.74 Å². The van der Waals surface area contributed by atoms with E-state index in [2.05, 4.69) is 40.0 Å². The first kappa shape index (κ1) is 24.7. The fraction of sp³-hybridized carbons (Fsp3) is 0.435. The van der Waals surface area contributed by atoms with Crippen molar-refractivity contribution in [3.63, 3.8) is 0 Å². The van der Waals surface area contributed by atoms with Crippen LogP contribution in [0.25, 0.3) is 0 Å². The molecule has 1 aliphatic rings. The van der Waals surface area contributed by atoms with Crippen molar-refractivity contribution in [3.8, 4) is 5.75 Å². The van der Waals surface area contributed by atoms with Gasteiger partial charge < -0.3 is 15.0 Å². The van der Waals surface area contributed by atoms with Crippen molar-refractivity contribution < 1.29 is 17.9 Å². The fourth-order valence-corrected chi connectivity index (χ4v) is 5.17. The van der Waals surface area contributed by atoms with Gasteiger partial charge in [-0.1, -0.05) is 13.8 Å². The molecular formula is C23H30BrN3O4S. The summed E-state index contributed by atoms with van der Waals surface area (Å²) in [5, 5.41) is 2.81. The van der Waals surface area contributed by atoms with Crippen molar-refractivity contribution in [2.24, 2.45) is 5.92 Å². The Kier molecular flexibility index (Phi) is 8.32. The number of carbonyl (C=O) groups excluding carboxylic acids is 1. The molecule has 0 aliphatic carbocycles. The molecule has 2 aromatic carbocycles. The molecule has 1 saturated heterocycles. The number of nitrogens with zero attached hydrogens (tertiary/aromatic N) is 2. The zero-order chi connectivity index (χ0) is 23.3. The molecule has 0 unspecified atom stereocenters. The second kappa shape index (κ2) is 10.8. The quantitative estimate of drug-likeness (QED) is 0.564. The molecule has 0 aromatic heterocycles. The van der Waals surface area contributed by atoms with E-state index in [-0.39, 0.29) is 10.8 Å². The van der Waals surface area contributed by atoms with Crippen LogP contribution in [0.1, 0.15) is 30.6 Å². The van der Waals surface area contributed by atoms with Gasteiger partial charge in [-0.25, -0.2) is 8.42 Å². The molecule has 174 valence electrons. The fourth-order valence-electron chi connectivity index (χ4n) is 3.25. The lowest BCUT2D eigenvalue weighted by molar-refractivity contribution is 0.102. The minimum Gasteiger partial charge on any atom is -0.492 e. The van der Waals surface area contributed by atoms with Crippen LogP contribution in [0.15, 0.2) is 51.8 Å². The van der Waals surface area contributed by atoms with Gasteiger partial charge in [-0.15, -0.1) is 0 Å². The number of ether oxygens (including phenoxy) is 1. The molecule has 7 nitrogen and oxygen atoms in total. The highest BCUT2D eigenvalue weighted by molar-refractivity contribution is 9.10. The minimum absolute atomic E-state index is 0.227. The summed E-state index contributed by atoms with van der Waals surface area (Å²) in [5.41, 5.74) is 1.00. The van der Waals surface area contributed by atoms with Crippen LogP contribution in [-0.4, -0.2) is 63.4 Å². The number of nitrogens with one attached hydrogen (secondary N) is 1. The number of benzene rings is 2. The molecule has 3 rings (SSSR count). The van der Waals surface area contributed by atoms with E-state index < -0.39 is 10.0 Å². The van der Waals surface area contributed by atoms with Crippen LogP contribution in [0.2, 0.25) is 0 Å². The van der Waals surface area contributed by atoms with Gasteiger partial charge in [-0.05, 0) is 77.8 Å². The average Bonchev–Trinajstić information content (AvgIpc) is 2.75. The third-order valence-electron chi connectivity index (χ3n) is 5.36. The van der Waals surface area contributed by atoms with Gasteiger partial charge in [0.05, 0.1) is 16.0 Å². The smallest absolute Gasteiger partial charge is 0.255 e. The first-order valence-electron chi connectivity index (χ1n) is 10.7. The summed E-state index contributed by atoms with van der Waals surface area (Å²) >= 11 is 3.46. The summed E-state index contributed by atoms with van der Waals surface area (Å²) in [5.74, 6) is 0.969. The molecule has 2 aromatic rings. The molecule has 1 fully saturated rings. The monoisotopic (exact) mass is 523 g/mol. The van der Waals surface area contributed by atoms with E-state index in [1.807, 2.05) is 7.05 Å². The van der Waals surface area contributed by atoms with Crippen molar-refractivity contribution in [2.75, 3.05) is 45.2 Å². The summed E-state index contributed by atoms with van der Waals surface area (Å²) < 4.78 is 33.6. The van der Waals surface area contributed by atoms with Gasteiger partial charge >= 0.3 is 0 Å². The number of anilines is 1. The number of piperazine rings is 1. The van der Waals surface area contributed by atoms with Gasteiger partial charge in [-0.2, -0.15) is 4.31 Å². The molecule has 1 N–H and O–H groups in total. The molecule has 0 spiro atoms. The van der Waals surface area contributed by atoms with E-state index in [0.29, 0.717) is 60.2 Å². The van der Waals surface area contributed by atoms with Crippen molar-refractivity contribution in [1.82, 2.24) is 9.21 Å². The van der Waals surface area contributed by atoms with E-state index in [9.17, 15) is 13.2 Å². The van der Waals surface area contributed by atoms with Gasteiger partial charge in [0, 0.05) is 37.4 Å². The highest BCUT2D eigenvalue weighted by Crippen LogP contribution is 2.27. The standard InChI is InChI=1S/C23H30BrN3O4S/c1-17(2)10-15-31-22-9-4-18(16-21(22)24)23(28)25-19-5-7-20(8-6-19)32(29,30)27-13-11-26(3)12-14-27/h4-9,16-17H,10-15H2,1-3H3,(H,25,28). The Balaban J connectivity index is 1.62. The van der Waals surface area contributed by atoms with Crippen LogP contribution in [0, 0.1) is 5.92 Å². The molecular weight excluding hydrogens is 494 g/mol. The van der Waals surface area contributed by atoms with Gasteiger partial charge in [0.25, 0.3) is 5.91 Å². The topological polar surface area (TPSA) is 78.9 Å². The Hall–Kier alpha value is -1.94. The highest BCUT2D eigenvalue weighted by Gasteiger charge is 2.27. The Morgan fingerprint density at radius 2 is 1.75 bits per heavy atom. The van der Waals surface area contributed by atoms with E-state index in [0.717, 1.165) is 6.42 Å². The molecule has 0 atom stereocenters. The van der Waals surface area contributed by atoms with E-state index >= 15 is 0 Å². The maximum atomic E-state index is 12.8. The van der Waals surface area contributed by atoms with Gasteiger partial charge in [0.1, 0.15) is 5.75 Å². The lowest BCUT2D eigenvalue weighted by atomic mass is 10.1. The molecule has 0 bridgehead atoms. The SMILES string of the molecule is CC(C)CCOc1ccc(C(=O)Nc2ccc(S(=O)(=O)N3CCN(C)CC3)cc2)cc1Br. The summed E-state index contributed by atoms with van der Waals surface area (Å²) in [6, 6.07) is 11.5. The zero-order valence-electron chi connectivity index (χ0n) is 18.7. The van der Waals surface area contributed by atoms with Crippen LogP contribution in [0.5, 0.6) is 5.75 Å². The molecule has 0 radical (unpaired) electrons. The lowest BCUT2D eigenvalue weighted by Gasteiger charge is -2.31. The van der Waals surface area contributed by atoms with Gasteiger partial charge in [-0.3, -0.25) is 4.79 Å². The number of hydrogen-bond donors (Lipinski definition) is 1. The number of sulfonamides is 1. The van der Waals surface area contributed by atoms with E-state index in [1.54, 1.807) is 30.3 Å². The first-order chi connectivity index (χ1) is 15.2. The molecule has 1 aliphatic heterocycles. The maximum Gasteiger partial charge on any atom is 0.255 e. The average molecular weight is 524 g/mol. The molecule has 1 heterocycles. The predicted molar refractivity (Wildman–Crippen MR) is 130 cm³/mol. The molecule has 1 amide bonds. The zero-order valence-corrected chi connectivity index (χ0v) is 21.1. The number of hydrogen-bond acceptors (Lipinski definition) is 5. The maximum absolute atomic E-state index is 12.8. The van der Waals surface area contributed by atoms with Crippen LogP contribution >= 0.6 is 15.9 Å². The lowest BCUT2D eigenvalue weighted by Crippen LogP contribution is -2.46. The number of likely N-dealkylation sites (N-methyl/N-ethyl adjacent to an activating group) is 1. The second-order valence-electron chi connectivity index (χ2n) is 8.36. The van der Waals surface area contributed by atoms with Crippen molar-refractivity contribution in [2.45, 2.75) is 25.2 Å². The summed E-state index contributed by atoms with van der Waals surface area (Å²) in [7, 11) is -1.55. The van der Waals surface area contributed by atoms with Crippen LogP contribution in [-0.2, 0) is 10.0 Å². The molecule has 32 heavy (non-hydrogen) atoms. The Morgan fingerprint density at radius 1 is 1.09 bits per heavy atom. The Bertz CT molecular complexity index is 1030. The van der Waals surface area contributed by atoms with Crippen molar-refractivity contribution >= 4 is 37.5 Å². The van der Waals surface area contributed by atoms with Gasteiger partial charge in [0.15, 0.2) is 0 Å². The molecule has 0 saturated carbocycles. The number of carbonyl (C=O) groups is 1. The van der Waals surface area contributed by atoms with Crippen molar-refractivity contribution in [1.29, 1.82) is 0 Å². The minimum atomic E-state index is -3.53. The number of amides is 1. The summed E-state index contributed by atoms with van der Waals surface area (Å²) in [6.45, 7) is 7.27. The van der Waals surface area contributed by atoms with Crippen LogP contribution in [0.3, 0.4) is 0 Å². The predicted octanol–water partition coefficient (Wildman–Crippen LogP) is 4.06. The summed E-state index contributed by atoms with van der Waals surface area (Å²) in [4.78, 5) is 15.0. The highest BCUT2D eigenvalue weighted by atomic mass is 79.9. The Morgan fingerprint density at radius 3 is 2.34 bits per heavy atom. The Labute approximate surface area is 198 Å². The largest absolute Gasteiger partial charge is 0.492 e. The van der Waals surface area contributed by atoms with Crippen LogP contribution in [0.4, 0.5) is 5.69 Å². The third-order valence-corrected chi connectivity index (χ3v) is 7.89. The normalized spacial score (nSPS) is 15.7. The van der Waals surface area contributed by atoms with Gasteiger partial charge in [0.2, 0.25) is 10.0 Å². The molecule has 9 heteroatoms. The number of halogens is 1. The van der Waals surface area contributed by atoms with E-state index in [1.165, 1.54) is 16.4 Å². The summed E-state index contributed by atoms with van der Waals surface area (Å²) in [6.07, 6.45) is 0.954. The third kappa shape index (κ3) is 6.31. The second-order valence-corrected chi connectivity index (χ2v) is 11.2. The first-order valence-corrected chi connectivity index (χ1v) is 12.9. The van der Waals surface area contributed by atoms with Crippen molar-refractivity contribution in [3.05, 3.63) is 52.5 Å². The number of rotatable bonds is 8. The van der Waals surface area contributed by atoms with Crippen LogP contribution < -0.4 is 10.1 Å².